The molecule has 0 spiro atoms. The molecule has 7 nitrogen and oxygen atoms in total. The molecule has 0 amide bonds. The Kier molecular flexibility index (Phi) is 6.37. The van der Waals surface area contributed by atoms with Crippen LogP contribution in [0.25, 0.3) is 22.3 Å². The highest BCUT2D eigenvalue weighted by molar-refractivity contribution is 5.91. The summed E-state index contributed by atoms with van der Waals surface area (Å²) in [6.45, 7) is 4.01. The number of aromatic nitrogens is 3. The molecule has 3 aromatic rings. The Labute approximate surface area is 176 Å². The minimum absolute atomic E-state index is 0. The van der Waals surface area contributed by atoms with Gasteiger partial charge in [0.05, 0.1) is 26.8 Å². The van der Waals surface area contributed by atoms with Gasteiger partial charge in [-0.3, -0.25) is 0 Å². The van der Waals surface area contributed by atoms with Crippen LogP contribution in [-0.4, -0.2) is 49.4 Å². The highest BCUT2D eigenvalue weighted by Crippen LogP contribution is 2.41. The molecular formula is C21H27ClN4O3. The van der Waals surface area contributed by atoms with E-state index >= 15 is 0 Å². The van der Waals surface area contributed by atoms with Crippen LogP contribution in [0.1, 0.15) is 25.1 Å². The highest BCUT2D eigenvalue weighted by Gasteiger charge is 2.20. The molecule has 0 bridgehead atoms. The number of aryl methyl sites for hydroxylation is 1. The van der Waals surface area contributed by atoms with Gasteiger partial charge in [0.1, 0.15) is 11.3 Å². The Morgan fingerprint density at radius 3 is 2.14 bits per heavy atom. The summed E-state index contributed by atoms with van der Waals surface area (Å²) in [6, 6.07) is 5.93. The lowest BCUT2D eigenvalue weighted by Crippen LogP contribution is -2.30. The number of anilines is 1. The Morgan fingerprint density at radius 2 is 1.55 bits per heavy atom. The van der Waals surface area contributed by atoms with Crippen LogP contribution in [0.4, 0.5) is 5.82 Å². The SMILES string of the molecule is COc1cc(-c2cc3nc(C)nc(N4CCCCC4)c3[nH]2)cc(OC)c1OC.Cl. The van der Waals surface area contributed by atoms with Gasteiger partial charge in [-0.2, -0.15) is 0 Å². The van der Waals surface area contributed by atoms with E-state index < -0.39 is 0 Å². The topological polar surface area (TPSA) is 72.5 Å². The molecule has 1 aliphatic rings. The van der Waals surface area contributed by atoms with Gasteiger partial charge in [-0.25, -0.2) is 9.97 Å². The fourth-order valence-electron chi connectivity index (χ4n) is 3.84. The van der Waals surface area contributed by atoms with E-state index in [1.54, 1.807) is 21.3 Å². The number of hydrogen-bond donors (Lipinski definition) is 1. The third kappa shape index (κ3) is 3.92. The average molecular weight is 419 g/mol. The first-order valence-corrected chi connectivity index (χ1v) is 9.57. The van der Waals surface area contributed by atoms with E-state index in [-0.39, 0.29) is 12.4 Å². The number of piperidine rings is 1. The first kappa shape index (κ1) is 21.0. The van der Waals surface area contributed by atoms with Crippen molar-refractivity contribution in [1.29, 1.82) is 0 Å². The molecule has 29 heavy (non-hydrogen) atoms. The predicted molar refractivity (Wildman–Crippen MR) is 117 cm³/mol. The van der Waals surface area contributed by atoms with Crippen molar-refractivity contribution in [3.8, 4) is 28.5 Å². The van der Waals surface area contributed by atoms with Gasteiger partial charge >= 0.3 is 0 Å². The van der Waals surface area contributed by atoms with Gasteiger partial charge in [0.15, 0.2) is 17.3 Å². The number of H-pyrrole nitrogens is 1. The number of rotatable bonds is 5. The van der Waals surface area contributed by atoms with Crippen LogP contribution in [0, 0.1) is 6.92 Å². The maximum Gasteiger partial charge on any atom is 0.203 e. The monoisotopic (exact) mass is 418 g/mol. The zero-order chi connectivity index (χ0) is 19.7. The number of nitrogens with zero attached hydrogens (tertiary/aromatic N) is 3. The standard InChI is InChI=1S/C21H26N4O3.ClH/c1-13-22-16-12-15(14-10-17(26-2)20(28-4)18(11-14)27-3)24-19(16)21(23-13)25-8-6-5-7-9-25;/h10-12,24H,5-9H2,1-4H3;1H. The highest BCUT2D eigenvalue weighted by atomic mass is 35.5. The Morgan fingerprint density at radius 1 is 0.897 bits per heavy atom. The maximum atomic E-state index is 5.50. The van der Waals surface area contributed by atoms with Crippen LogP contribution < -0.4 is 19.1 Å². The summed E-state index contributed by atoms with van der Waals surface area (Å²) in [6.07, 6.45) is 3.68. The zero-order valence-corrected chi connectivity index (χ0v) is 18.1. The second kappa shape index (κ2) is 8.78. The van der Waals surface area contributed by atoms with Crippen LogP contribution in [0.2, 0.25) is 0 Å². The summed E-state index contributed by atoms with van der Waals surface area (Å²) >= 11 is 0. The molecule has 0 aliphatic carbocycles. The van der Waals surface area contributed by atoms with Crippen LogP contribution >= 0.6 is 12.4 Å². The number of benzene rings is 1. The number of hydrogen-bond acceptors (Lipinski definition) is 6. The minimum atomic E-state index is 0. The van der Waals surface area contributed by atoms with Gasteiger partial charge in [0.2, 0.25) is 5.75 Å². The van der Waals surface area contributed by atoms with E-state index in [1.165, 1.54) is 19.3 Å². The summed E-state index contributed by atoms with van der Waals surface area (Å²) in [4.78, 5) is 15.3. The molecule has 1 aromatic carbocycles. The molecule has 1 N–H and O–H groups in total. The number of nitrogens with one attached hydrogen (secondary N) is 1. The smallest absolute Gasteiger partial charge is 0.203 e. The molecule has 2 aromatic heterocycles. The van der Waals surface area contributed by atoms with Crippen molar-refractivity contribution < 1.29 is 14.2 Å². The lowest BCUT2D eigenvalue weighted by atomic mass is 10.1. The summed E-state index contributed by atoms with van der Waals surface area (Å²) in [5, 5.41) is 0. The zero-order valence-electron chi connectivity index (χ0n) is 17.2. The van der Waals surface area contributed by atoms with E-state index in [1.807, 2.05) is 19.1 Å². The van der Waals surface area contributed by atoms with Crippen molar-refractivity contribution in [2.45, 2.75) is 26.2 Å². The molecule has 0 saturated carbocycles. The van der Waals surface area contributed by atoms with E-state index in [0.717, 1.165) is 47.0 Å². The number of fused-ring (bicyclic) bond motifs is 1. The molecule has 0 unspecified atom stereocenters. The van der Waals surface area contributed by atoms with Gasteiger partial charge in [-0.15, -0.1) is 12.4 Å². The average Bonchev–Trinajstić information content (AvgIpc) is 3.16. The molecule has 4 rings (SSSR count). The van der Waals surface area contributed by atoms with Gasteiger partial charge in [0.25, 0.3) is 0 Å². The van der Waals surface area contributed by atoms with E-state index in [4.69, 9.17) is 19.2 Å². The van der Waals surface area contributed by atoms with Crippen molar-refractivity contribution >= 4 is 29.3 Å². The van der Waals surface area contributed by atoms with Crippen LogP contribution in [-0.2, 0) is 0 Å². The van der Waals surface area contributed by atoms with E-state index in [9.17, 15) is 0 Å². The lowest BCUT2D eigenvalue weighted by Gasteiger charge is -2.28. The Bertz CT molecular complexity index is 974. The van der Waals surface area contributed by atoms with Crippen LogP contribution in [0.15, 0.2) is 18.2 Å². The third-order valence-corrected chi connectivity index (χ3v) is 5.20. The fraction of sp³-hybridized carbons (Fsp3) is 0.429. The first-order valence-electron chi connectivity index (χ1n) is 9.57. The number of halogens is 1. The van der Waals surface area contributed by atoms with Crippen molar-refractivity contribution in [2.75, 3.05) is 39.3 Å². The third-order valence-electron chi connectivity index (χ3n) is 5.20. The predicted octanol–water partition coefficient (Wildman–Crippen LogP) is 4.37. The van der Waals surface area contributed by atoms with Gasteiger partial charge in [0, 0.05) is 24.3 Å². The quantitative estimate of drug-likeness (QED) is 0.663. The summed E-state index contributed by atoms with van der Waals surface area (Å²) in [5.41, 5.74) is 3.76. The van der Waals surface area contributed by atoms with E-state index in [2.05, 4.69) is 20.9 Å². The largest absolute Gasteiger partial charge is 0.493 e. The first-order chi connectivity index (χ1) is 13.6. The second-order valence-corrected chi connectivity index (χ2v) is 7.00. The molecule has 8 heteroatoms. The molecule has 1 aliphatic heterocycles. The van der Waals surface area contributed by atoms with Gasteiger partial charge < -0.3 is 24.1 Å². The molecule has 3 heterocycles. The van der Waals surface area contributed by atoms with Crippen LogP contribution in [0.3, 0.4) is 0 Å². The Balaban J connectivity index is 0.00000240. The molecular weight excluding hydrogens is 392 g/mol. The normalized spacial score (nSPS) is 13.9. The number of ether oxygens (including phenoxy) is 3. The number of methoxy groups -OCH3 is 3. The van der Waals surface area contributed by atoms with Crippen LogP contribution in [0.5, 0.6) is 17.2 Å². The molecule has 0 radical (unpaired) electrons. The fourth-order valence-corrected chi connectivity index (χ4v) is 3.84. The van der Waals surface area contributed by atoms with Crippen molar-refractivity contribution in [3.05, 3.63) is 24.0 Å². The van der Waals surface area contributed by atoms with E-state index in [0.29, 0.717) is 17.2 Å². The second-order valence-electron chi connectivity index (χ2n) is 7.00. The van der Waals surface area contributed by atoms with Gasteiger partial charge in [-0.1, -0.05) is 0 Å². The van der Waals surface area contributed by atoms with Gasteiger partial charge in [-0.05, 0) is 44.4 Å². The summed E-state index contributed by atoms with van der Waals surface area (Å²) in [5.74, 6) is 3.59. The van der Waals surface area contributed by atoms with Crippen molar-refractivity contribution in [3.63, 3.8) is 0 Å². The summed E-state index contributed by atoms with van der Waals surface area (Å²) in [7, 11) is 4.84. The Hall–Kier alpha value is -2.67. The molecule has 1 fully saturated rings. The van der Waals surface area contributed by atoms with Crippen molar-refractivity contribution in [1.82, 2.24) is 15.0 Å². The molecule has 156 valence electrons. The molecule has 0 atom stereocenters. The van der Waals surface area contributed by atoms with Crippen molar-refractivity contribution in [2.24, 2.45) is 0 Å². The number of aromatic amines is 1. The lowest BCUT2D eigenvalue weighted by molar-refractivity contribution is 0.324. The maximum absolute atomic E-state index is 5.50. The minimum Gasteiger partial charge on any atom is -0.493 e. The molecule has 1 saturated heterocycles. The summed E-state index contributed by atoms with van der Waals surface area (Å²) < 4.78 is 16.4.